The Morgan fingerprint density at radius 1 is 0.412 bits per heavy atom. The van der Waals surface area contributed by atoms with E-state index in [2.05, 4.69) is 9.98 Å². The molecule has 0 atom stereocenters. The van der Waals surface area contributed by atoms with E-state index >= 15 is 0 Å². The lowest BCUT2D eigenvalue weighted by Crippen LogP contribution is -2.21. The molecule has 2 amide bonds. The minimum absolute atomic E-state index is 0.301. The maximum absolute atomic E-state index is 12.7. The second-order valence-corrected chi connectivity index (χ2v) is 6.70. The van der Waals surface area contributed by atoms with E-state index in [1.54, 1.807) is 97.1 Å². The van der Waals surface area contributed by atoms with Crippen molar-refractivity contribution in [1.29, 1.82) is 0 Å². The standard InChI is InChI=1S/C27H20N2O5/c30-25(28-26(31-21-13-5-1-6-14-21)32-22-15-7-2-8-16-22)29-27(33-23-17-9-3-10-18-23)34-24-19-11-4-12-20-24/h1-20H. The van der Waals surface area contributed by atoms with Crippen molar-refractivity contribution in [3.63, 3.8) is 0 Å². The SMILES string of the molecule is O=C(N=C(Oc1ccccc1)Oc1ccccc1)N=C(Oc1ccccc1)Oc1ccccc1. The molecule has 34 heavy (non-hydrogen) atoms. The molecule has 0 aliphatic carbocycles. The molecule has 0 bridgehead atoms. The number of hydrogen-bond acceptors (Lipinski definition) is 5. The molecule has 0 N–H and O–H groups in total. The Kier molecular flexibility index (Phi) is 7.63. The lowest BCUT2D eigenvalue weighted by Gasteiger charge is -2.10. The zero-order valence-corrected chi connectivity index (χ0v) is 18.0. The second kappa shape index (κ2) is 11.6. The summed E-state index contributed by atoms with van der Waals surface area (Å²) in [4.78, 5) is 20.5. The summed E-state index contributed by atoms with van der Waals surface area (Å²) >= 11 is 0. The van der Waals surface area contributed by atoms with Crippen LogP contribution in [-0.4, -0.2) is 18.2 Å². The molecule has 0 saturated heterocycles. The van der Waals surface area contributed by atoms with Gasteiger partial charge in [0.25, 0.3) is 0 Å². The molecule has 0 unspecified atom stereocenters. The summed E-state index contributed by atoms with van der Waals surface area (Å²) < 4.78 is 22.7. The number of para-hydroxylation sites is 4. The van der Waals surface area contributed by atoms with E-state index < -0.39 is 6.03 Å². The highest BCUT2D eigenvalue weighted by atomic mass is 16.7. The minimum Gasteiger partial charge on any atom is -0.411 e. The van der Waals surface area contributed by atoms with Gasteiger partial charge in [0.15, 0.2) is 0 Å². The lowest BCUT2D eigenvalue weighted by atomic mass is 10.3. The smallest absolute Gasteiger partial charge is 0.404 e. The van der Waals surface area contributed by atoms with Crippen LogP contribution in [-0.2, 0) is 0 Å². The number of ether oxygens (including phenoxy) is 4. The van der Waals surface area contributed by atoms with Gasteiger partial charge in [-0.1, -0.05) is 72.8 Å². The summed E-state index contributed by atoms with van der Waals surface area (Å²) in [6, 6.07) is 34.4. The van der Waals surface area contributed by atoms with E-state index in [9.17, 15) is 4.79 Å². The van der Waals surface area contributed by atoms with Crippen molar-refractivity contribution >= 4 is 18.2 Å². The van der Waals surface area contributed by atoms with Crippen LogP contribution in [0.15, 0.2) is 131 Å². The number of carbonyl (C=O) groups excluding carboxylic acids is 1. The molecule has 0 spiro atoms. The van der Waals surface area contributed by atoms with Gasteiger partial charge in [0.2, 0.25) is 0 Å². The van der Waals surface area contributed by atoms with E-state index in [1.165, 1.54) is 0 Å². The molecule has 168 valence electrons. The van der Waals surface area contributed by atoms with Gasteiger partial charge in [0.05, 0.1) is 0 Å². The van der Waals surface area contributed by atoms with Gasteiger partial charge in [0.1, 0.15) is 23.0 Å². The van der Waals surface area contributed by atoms with Crippen molar-refractivity contribution in [2.24, 2.45) is 9.98 Å². The van der Waals surface area contributed by atoms with Gasteiger partial charge in [-0.3, -0.25) is 0 Å². The van der Waals surface area contributed by atoms with Crippen LogP contribution in [0.4, 0.5) is 4.79 Å². The topological polar surface area (TPSA) is 78.7 Å². The number of carbonyl (C=O) groups is 1. The van der Waals surface area contributed by atoms with Crippen LogP contribution in [0.1, 0.15) is 0 Å². The average molecular weight is 452 g/mol. The van der Waals surface area contributed by atoms with Crippen molar-refractivity contribution in [2.45, 2.75) is 0 Å². The normalized spacial score (nSPS) is 9.88. The van der Waals surface area contributed by atoms with Gasteiger partial charge in [-0.25, -0.2) is 4.79 Å². The third kappa shape index (κ3) is 7.06. The van der Waals surface area contributed by atoms with E-state index in [0.717, 1.165) is 0 Å². The van der Waals surface area contributed by atoms with Crippen molar-refractivity contribution in [2.75, 3.05) is 0 Å². The average Bonchev–Trinajstić information content (AvgIpc) is 2.86. The Bertz CT molecular complexity index is 1060. The summed E-state index contributed by atoms with van der Waals surface area (Å²) in [6.45, 7) is 0. The molecule has 4 aromatic rings. The molecule has 7 heteroatoms. The first-order chi connectivity index (χ1) is 16.7. The molecule has 0 aliphatic rings. The maximum atomic E-state index is 12.7. The van der Waals surface area contributed by atoms with Crippen LogP contribution in [0.5, 0.6) is 23.0 Å². The Morgan fingerprint density at radius 3 is 0.882 bits per heavy atom. The van der Waals surface area contributed by atoms with Crippen molar-refractivity contribution in [1.82, 2.24) is 0 Å². The van der Waals surface area contributed by atoms with Gasteiger partial charge in [0, 0.05) is 0 Å². The zero-order valence-electron chi connectivity index (χ0n) is 18.0. The first kappa shape index (κ1) is 22.3. The van der Waals surface area contributed by atoms with E-state index in [-0.39, 0.29) is 12.2 Å². The molecule has 0 radical (unpaired) electrons. The fourth-order valence-corrected chi connectivity index (χ4v) is 2.67. The number of hydrogen-bond donors (Lipinski definition) is 0. The van der Waals surface area contributed by atoms with E-state index in [1.807, 2.05) is 24.3 Å². The molecule has 4 aromatic carbocycles. The zero-order chi connectivity index (χ0) is 23.4. The summed E-state index contributed by atoms with van der Waals surface area (Å²) in [5.41, 5.74) is 0. The molecule has 4 rings (SSSR count). The van der Waals surface area contributed by atoms with Crippen molar-refractivity contribution < 1.29 is 23.7 Å². The number of aliphatic imine (C=N–C) groups is 2. The van der Waals surface area contributed by atoms with Gasteiger partial charge in [-0.2, -0.15) is 0 Å². The number of benzene rings is 4. The van der Waals surface area contributed by atoms with Crippen LogP contribution >= 0.6 is 0 Å². The molecule has 0 aliphatic heterocycles. The number of nitrogens with zero attached hydrogens (tertiary/aromatic N) is 2. The van der Waals surface area contributed by atoms with Crippen molar-refractivity contribution in [3.8, 4) is 23.0 Å². The fourth-order valence-electron chi connectivity index (χ4n) is 2.67. The fraction of sp³-hybridized carbons (Fsp3) is 0. The van der Waals surface area contributed by atoms with Gasteiger partial charge in [-0.15, -0.1) is 9.98 Å². The Morgan fingerprint density at radius 2 is 0.647 bits per heavy atom. The summed E-state index contributed by atoms with van der Waals surface area (Å²) in [5, 5.41) is 0. The van der Waals surface area contributed by atoms with Crippen LogP contribution in [0.2, 0.25) is 0 Å². The molecule has 0 heterocycles. The summed E-state index contributed by atoms with van der Waals surface area (Å²) in [7, 11) is 0. The Balaban J connectivity index is 1.60. The number of rotatable bonds is 4. The van der Waals surface area contributed by atoms with Gasteiger partial charge < -0.3 is 18.9 Å². The maximum Gasteiger partial charge on any atom is 0.404 e. The Hall–Kier alpha value is -4.91. The molecular weight excluding hydrogens is 432 g/mol. The quantitative estimate of drug-likeness (QED) is 0.275. The highest BCUT2D eigenvalue weighted by molar-refractivity contribution is 5.95. The molecular formula is C27H20N2O5. The third-order valence-corrected chi connectivity index (χ3v) is 4.17. The highest BCUT2D eigenvalue weighted by Crippen LogP contribution is 2.15. The minimum atomic E-state index is -0.941. The number of amides is 2. The predicted octanol–water partition coefficient (Wildman–Crippen LogP) is 6.13. The lowest BCUT2D eigenvalue weighted by molar-refractivity contribution is 0.253. The van der Waals surface area contributed by atoms with Crippen LogP contribution < -0.4 is 18.9 Å². The summed E-state index contributed by atoms with van der Waals surface area (Å²) in [5.74, 6) is 1.76. The predicted molar refractivity (Wildman–Crippen MR) is 129 cm³/mol. The van der Waals surface area contributed by atoms with Crippen LogP contribution in [0.3, 0.4) is 0 Å². The highest BCUT2D eigenvalue weighted by Gasteiger charge is 2.14. The van der Waals surface area contributed by atoms with Gasteiger partial charge in [-0.05, 0) is 48.5 Å². The van der Waals surface area contributed by atoms with Crippen LogP contribution in [0, 0.1) is 0 Å². The third-order valence-electron chi connectivity index (χ3n) is 4.17. The van der Waals surface area contributed by atoms with Crippen LogP contribution in [0.25, 0.3) is 0 Å². The van der Waals surface area contributed by atoms with Gasteiger partial charge >= 0.3 is 18.2 Å². The molecule has 0 saturated carbocycles. The Labute approximate surface area is 196 Å². The second-order valence-electron chi connectivity index (χ2n) is 6.70. The monoisotopic (exact) mass is 452 g/mol. The largest absolute Gasteiger partial charge is 0.411 e. The first-order valence-electron chi connectivity index (χ1n) is 10.4. The van der Waals surface area contributed by atoms with E-state index in [4.69, 9.17) is 18.9 Å². The molecule has 0 fully saturated rings. The van der Waals surface area contributed by atoms with Crippen molar-refractivity contribution in [3.05, 3.63) is 121 Å². The first-order valence-corrected chi connectivity index (χ1v) is 10.4. The molecule has 0 aromatic heterocycles. The van der Waals surface area contributed by atoms with E-state index in [0.29, 0.717) is 23.0 Å². The summed E-state index contributed by atoms with van der Waals surface area (Å²) in [6.07, 6.45) is -0.602. The number of urea groups is 1. The molecule has 7 nitrogen and oxygen atoms in total.